The SMILES string of the molecule is CC1CCN(C(CO)C(N)C(C)C)C(C)C1. The zero-order valence-electron chi connectivity index (χ0n) is 11.2. The molecule has 0 radical (unpaired) electrons. The highest BCUT2D eigenvalue weighted by atomic mass is 16.3. The quantitative estimate of drug-likeness (QED) is 0.766. The Morgan fingerprint density at radius 2 is 2.00 bits per heavy atom. The standard InChI is InChI=1S/C13H28N2O/c1-9(2)13(14)12(8-16)15-6-5-10(3)7-11(15)4/h9-13,16H,5-8,14H2,1-4H3. The number of nitrogens with two attached hydrogens (primary N) is 1. The van der Waals surface area contributed by atoms with Crippen molar-refractivity contribution in [1.82, 2.24) is 4.90 Å². The first-order valence-electron chi connectivity index (χ1n) is 6.59. The Morgan fingerprint density at radius 1 is 1.38 bits per heavy atom. The van der Waals surface area contributed by atoms with Crippen LogP contribution < -0.4 is 5.73 Å². The maximum Gasteiger partial charge on any atom is 0.0602 e. The smallest absolute Gasteiger partial charge is 0.0602 e. The molecule has 0 amide bonds. The van der Waals surface area contributed by atoms with Crippen LogP contribution in [-0.2, 0) is 0 Å². The topological polar surface area (TPSA) is 49.5 Å². The van der Waals surface area contributed by atoms with Crippen molar-refractivity contribution in [1.29, 1.82) is 0 Å². The summed E-state index contributed by atoms with van der Waals surface area (Å²) < 4.78 is 0. The van der Waals surface area contributed by atoms with Crippen molar-refractivity contribution >= 4 is 0 Å². The van der Waals surface area contributed by atoms with Gasteiger partial charge in [-0.1, -0.05) is 20.8 Å². The van der Waals surface area contributed by atoms with Gasteiger partial charge in [0.05, 0.1) is 6.61 Å². The summed E-state index contributed by atoms with van der Waals surface area (Å²) in [4.78, 5) is 2.41. The Bertz CT molecular complexity index is 208. The van der Waals surface area contributed by atoms with Crippen molar-refractivity contribution in [2.45, 2.75) is 58.7 Å². The van der Waals surface area contributed by atoms with Crippen LogP contribution in [0.1, 0.15) is 40.5 Å². The maximum absolute atomic E-state index is 9.56. The lowest BCUT2D eigenvalue weighted by atomic mass is 9.88. The molecule has 96 valence electrons. The lowest BCUT2D eigenvalue weighted by Crippen LogP contribution is -2.57. The van der Waals surface area contributed by atoms with Gasteiger partial charge in [0.25, 0.3) is 0 Å². The first-order valence-corrected chi connectivity index (χ1v) is 6.59. The number of piperidine rings is 1. The second kappa shape index (κ2) is 5.99. The average Bonchev–Trinajstić information content (AvgIpc) is 2.21. The fraction of sp³-hybridized carbons (Fsp3) is 1.00. The van der Waals surface area contributed by atoms with Crippen molar-refractivity contribution in [3.8, 4) is 0 Å². The number of hydrogen-bond donors (Lipinski definition) is 2. The van der Waals surface area contributed by atoms with E-state index in [1.54, 1.807) is 0 Å². The third kappa shape index (κ3) is 3.19. The van der Waals surface area contributed by atoms with E-state index >= 15 is 0 Å². The average molecular weight is 228 g/mol. The van der Waals surface area contributed by atoms with Crippen LogP contribution in [0, 0.1) is 11.8 Å². The van der Waals surface area contributed by atoms with Gasteiger partial charge in [-0.2, -0.15) is 0 Å². The molecule has 0 aromatic carbocycles. The molecule has 1 heterocycles. The molecule has 1 fully saturated rings. The van der Waals surface area contributed by atoms with Gasteiger partial charge < -0.3 is 10.8 Å². The van der Waals surface area contributed by atoms with Crippen LogP contribution in [0.5, 0.6) is 0 Å². The van der Waals surface area contributed by atoms with Crippen molar-refractivity contribution in [3.05, 3.63) is 0 Å². The number of aliphatic hydroxyl groups excluding tert-OH is 1. The van der Waals surface area contributed by atoms with Crippen LogP contribution in [0.2, 0.25) is 0 Å². The minimum absolute atomic E-state index is 0.0702. The van der Waals surface area contributed by atoms with E-state index in [0.29, 0.717) is 12.0 Å². The van der Waals surface area contributed by atoms with E-state index in [0.717, 1.165) is 12.5 Å². The first-order chi connectivity index (χ1) is 7.47. The van der Waals surface area contributed by atoms with E-state index in [1.165, 1.54) is 12.8 Å². The Morgan fingerprint density at radius 3 is 2.44 bits per heavy atom. The maximum atomic E-state index is 9.56. The minimum Gasteiger partial charge on any atom is -0.395 e. The lowest BCUT2D eigenvalue weighted by Gasteiger charge is -2.44. The summed E-state index contributed by atoms with van der Waals surface area (Å²) in [7, 11) is 0. The molecule has 1 saturated heterocycles. The molecule has 1 aliphatic rings. The van der Waals surface area contributed by atoms with Crippen LogP contribution in [0.3, 0.4) is 0 Å². The molecule has 4 atom stereocenters. The monoisotopic (exact) mass is 228 g/mol. The van der Waals surface area contributed by atoms with Gasteiger partial charge >= 0.3 is 0 Å². The van der Waals surface area contributed by atoms with Gasteiger partial charge in [-0.05, 0) is 38.1 Å². The van der Waals surface area contributed by atoms with E-state index in [9.17, 15) is 5.11 Å². The molecule has 0 bridgehead atoms. The van der Waals surface area contributed by atoms with Gasteiger partial charge in [-0.3, -0.25) is 4.90 Å². The van der Waals surface area contributed by atoms with E-state index < -0.39 is 0 Å². The Labute approximate surface area is 100 Å². The largest absolute Gasteiger partial charge is 0.395 e. The Kier molecular flexibility index (Phi) is 5.22. The molecule has 4 unspecified atom stereocenters. The summed E-state index contributed by atoms with van der Waals surface area (Å²) in [5, 5.41) is 9.56. The summed E-state index contributed by atoms with van der Waals surface area (Å²) in [5.41, 5.74) is 6.20. The van der Waals surface area contributed by atoms with Gasteiger partial charge in [0, 0.05) is 18.1 Å². The summed E-state index contributed by atoms with van der Waals surface area (Å²) in [6.45, 7) is 10.1. The summed E-state index contributed by atoms with van der Waals surface area (Å²) >= 11 is 0. The third-order valence-corrected chi connectivity index (χ3v) is 4.02. The zero-order valence-corrected chi connectivity index (χ0v) is 11.2. The van der Waals surface area contributed by atoms with Crippen LogP contribution in [0.25, 0.3) is 0 Å². The number of likely N-dealkylation sites (tertiary alicyclic amines) is 1. The molecule has 0 aliphatic carbocycles. The van der Waals surface area contributed by atoms with Crippen molar-refractivity contribution in [3.63, 3.8) is 0 Å². The molecule has 0 saturated carbocycles. The van der Waals surface area contributed by atoms with Crippen LogP contribution in [0.4, 0.5) is 0 Å². The van der Waals surface area contributed by atoms with Gasteiger partial charge in [-0.25, -0.2) is 0 Å². The third-order valence-electron chi connectivity index (χ3n) is 4.02. The van der Waals surface area contributed by atoms with Crippen LogP contribution in [0.15, 0.2) is 0 Å². The molecule has 3 nitrogen and oxygen atoms in total. The highest BCUT2D eigenvalue weighted by Gasteiger charge is 2.32. The van der Waals surface area contributed by atoms with E-state index in [1.807, 2.05) is 0 Å². The molecule has 1 rings (SSSR count). The molecular weight excluding hydrogens is 200 g/mol. The number of rotatable bonds is 4. The second-order valence-corrected chi connectivity index (χ2v) is 5.79. The van der Waals surface area contributed by atoms with Crippen LogP contribution in [-0.4, -0.2) is 41.3 Å². The number of aliphatic hydroxyl groups is 1. The summed E-state index contributed by atoms with van der Waals surface area (Å²) in [6, 6.07) is 0.744. The molecule has 3 heteroatoms. The highest BCUT2D eigenvalue weighted by molar-refractivity contribution is 4.89. The van der Waals surface area contributed by atoms with Crippen molar-refractivity contribution in [2.24, 2.45) is 17.6 Å². The summed E-state index contributed by atoms with van der Waals surface area (Å²) in [5.74, 6) is 1.23. The molecule has 1 aliphatic heterocycles. The number of hydrogen-bond acceptors (Lipinski definition) is 3. The molecule has 0 spiro atoms. The Balaban J connectivity index is 2.65. The van der Waals surface area contributed by atoms with Gasteiger partial charge in [0.15, 0.2) is 0 Å². The second-order valence-electron chi connectivity index (χ2n) is 5.79. The molecule has 0 aromatic heterocycles. The van der Waals surface area contributed by atoms with E-state index in [-0.39, 0.29) is 18.7 Å². The van der Waals surface area contributed by atoms with E-state index in [2.05, 4.69) is 32.6 Å². The van der Waals surface area contributed by atoms with Crippen molar-refractivity contribution in [2.75, 3.05) is 13.2 Å². The predicted octanol–water partition coefficient (Wildman–Crippen LogP) is 1.45. The lowest BCUT2D eigenvalue weighted by molar-refractivity contribution is 0.0285. The van der Waals surface area contributed by atoms with Gasteiger partial charge in [0.1, 0.15) is 0 Å². The molecule has 3 N–H and O–H groups in total. The predicted molar refractivity (Wildman–Crippen MR) is 68.3 cm³/mol. The normalized spacial score (nSPS) is 31.7. The zero-order chi connectivity index (χ0) is 12.3. The Hall–Kier alpha value is -0.120. The minimum atomic E-state index is 0.0702. The van der Waals surface area contributed by atoms with Gasteiger partial charge in [-0.15, -0.1) is 0 Å². The molecule has 0 aromatic rings. The molecule has 16 heavy (non-hydrogen) atoms. The highest BCUT2D eigenvalue weighted by Crippen LogP contribution is 2.25. The fourth-order valence-electron chi connectivity index (χ4n) is 2.81. The van der Waals surface area contributed by atoms with E-state index in [4.69, 9.17) is 5.73 Å². The fourth-order valence-corrected chi connectivity index (χ4v) is 2.81. The summed E-state index contributed by atoms with van der Waals surface area (Å²) in [6.07, 6.45) is 2.45. The van der Waals surface area contributed by atoms with Crippen LogP contribution >= 0.6 is 0 Å². The first kappa shape index (κ1) is 13.9. The molecular formula is C13H28N2O. The van der Waals surface area contributed by atoms with Crippen molar-refractivity contribution < 1.29 is 5.11 Å². The number of nitrogens with zero attached hydrogens (tertiary/aromatic N) is 1. The van der Waals surface area contributed by atoms with Gasteiger partial charge in [0.2, 0.25) is 0 Å².